The Morgan fingerprint density at radius 2 is 1.92 bits per heavy atom. The van der Waals surface area contributed by atoms with Crippen molar-refractivity contribution >= 4 is 52.3 Å². The second kappa shape index (κ2) is 6.67. The second-order valence-electron chi connectivity index (χ2n) is 5.71. The van der Waals surface area contributed by atoms with Gasteiger partial charge in [-0.3, -0.25) is 4.99 Å². The number of H-pyrrole nitrogens is 1. The third-order valence-electron chi connectivity index (χ3n) is 4.07. The Morgan fingerprint density at radius 1 is 1.08 bits per heavy atom. The maximum atomic E-state index is 6.44. The van der Waals surface area contributed by atoms with E-state index in [0.717, 1.165) is 46.6 Å². The van der Waals surface area contributed by atoms with Gasteiger partial charge in [0.15, 0.2) is 0 Å². The number of aromatic nitrogens is 1. The summed E-state index contributed by atoms with van der Waals surface area (Å²) in [7, 11) is 0. The van der Waals surface area contributed by atoms with E-state index in [1.165, 1.54) is 5.56 Å². The Labute approximate surface area is 156 Å². The maximum absolute atomic E-state index is 6.44. The first-order chi connectivity index (χ1) is 11.1. The Morgan fingerprint density at radius 3 is 2.62 bits per heavy atom. The molecular formula is C18H16Cl3N3. The van der Waals surface area contributed by atoms with E-state index in [2.05, 4.69) is 40.4 Å². The molecule has 2 heterocycles. The first kappa shape index (κ1) is 17.2. The van der Waals surface area contributed by atoms with Crippen LogP contribution in [0.1, 0.15) is 11.1 Å². The number of nitrogens with one attached hydrogen (secondary N) is 2. The highest BCUT2D eigenvalue weighted by Crippen LogP contribution is 2.36. The average molecular weight is 381 g/mol. The Kier molecular flexibility index (Phi) is 4.77. The number of benzene rings is 2. The first-order valence-corrected chi connectivity index (χ1v) is 8.25. The predicted molar refractivity (Wildman–Crippen MR) is 105 cm³/mol. The van der Waals surface area contributed by atoms with Crippen molar-refractivity contribution in [3.8, 4) is 11.3 Å². The van der Waals surface area contributed by atoms with Gasteiger partial charge < -0.3 is 10.3 Å². The van der Waals surface area contributed by atoms with Crippen molar-refractivity contribution in [2.24, 2.45) is 4.99 Å². The SMILES string of the molecule is Cc1ccc2[nH]c(-c3ccc(Cl)cc3Cl)c(C3=NCCN3)c2c1.Cl. The number of hydrogen-bond acceptors (Lipinski definition) is 2. The molecule has 1 aromatic heterocycles. The molecule has 0 saturated heterocycles. The van der Waals surface area contributed by atoms with Crippen LogP contribution in [0.3, 0.4) is 0 Å². The second-order valence-corrected chi connectivity index (χ2v) is 6.55. The highest BCUT2D eigenvalue weighted by molar-refractivity contribution is 6.36. The first-order valence-electron chi connectivity index (χ1n) is 7.50. The molecule has 2 N–H and O–H groups in total. The topological polar surface area (TPSA) is 40.2 Å². The van der Waals surface area contributed by atoms with E-state index in [9.17, 15) is 0 Å². The Bertz CT molecular complexity index is 944. The molecule has 6 heteroatoms. The van der Waals surface area contributed by atoms with Crippen LogP contribution in [0.5, 0.6) is 0 Å². The fraction of sp³-hybridized carbons (Fsp3) is 0.167. The van der Waals surface area contributed by atoms with E-state index in [-0.39, 0.29) is 12.4 Å². The summed E-state index contributed by atoms with van der Waals surface area (Å²) in [6.07, 6.45) is 0. The molecule has 0 unspecified atom stereocenters. The van der Waals surface area contributed by atoms with Crippen LogP contribution in [0.2, 0.25) is 10.0 Å². The van der Waals surface area contributed by atoms with Gasteiger partial charge in [0.1, 0.15) is 5.84 Å². The van der Waals surface area contributed by atoms with Gasteiger partial charge in [0, 0.05) is 33.6 Å². The van der Waals surface area contributed by atoms with Gasteiger partial charge in [0.25, 0.3) is 0 Å². The normalized spacial score (nSPS) is 13.5. The van der Waals surface area contributed by atoms with Crippen LogP contribution in [0, 0.1) is 6.92 Å². The lowest BCUT2D eigenvalue weighted by atomic mass is 10.0. The standard InChI is InChI=1S/C18H15Cl2N3.ClH/c1-10-2-5-15-13(8-10)16(18-21-6-7-22-18)17(23-15)12-4-3-11(19)9-14(12)20;/h2-5,8-9,23H,6-7H2,1H3,(H,21,22);1H. The van der Waals surface area contributed by atoms with Crippen molar-refractivity contribution in [3.05, 3.63) is 57.6 Å². The summed E-state index contributed by atoms with van der Waals surface area (Å²) in [4.78, 5) is 8.10. The van der Waals surface area contributed by atoms with Crippen molar-refractivity contribution in [1.29, 1.82) is 0 Å². The largest absolute Gasteiger partial charge is 0.368 e. The van der Waals surface area contributed by atoms with Crippen molar-refractivity contribution in [1.82, 2.24) is 10.3 Å². The number of amidine groups is 1. The van der Waals surface area contributed by atoms with Gasteiger partial charge in [-0.2, -0.15) is 0 Å². The summed E-state index contributed by atoms with van der Waals surface area (Å²) in [5.74, 6) is 0.919. The van der Waals surface area contributed by atoms with Crippen LogP contribution < -0.4 is 5.32 Å². The van der Waals surface area contributed by atoms with Crippen molar-refractivity contribution in [3.63, 3.8) is 0 Å². The molecule has 0 saturated carbocycles. The number of aromatic amines is 1. The number of halogens is 3. The van der Waals surface area contributed by atoms with E-state index in [0.29, 0.717) is 10.0 Å². The van der Waals surface area contributed by atoms with Gasteiger partial charge in [0.2, 0.25) is 0 Å². The monoisotopic (exact) mass is 379 g/mol. The summed E-state index contributed by atoms with van der Waals surface area (Å²) in [6, 6.07) is 11.9. The average Bonchev–Trinajstić information content (AvgIpc) is 3.13. The highest BCUT2D eigenvalue weighted by Gasteiger charge is 2.21. The summed E-state index contributed by atoms with van der Waals surface area (Å²) < 4.78 is 0. The van der Waals surface area contributed by atoms with E-state index in [1.807, 2.05) is 12.1 Å². The third kappa shape index (κ3) is 2.88. The van der Waals surface area contributed by atoms with E-state index < -0.39 is 0 Å². The molecule has 0 aliphatic carbocycles. The molecule has 4 rings (SSSR count). The number of fused-ring (bicyclic) bond motifs is 1. The van der Waals surface area contributed by atoms with Crippen LogP contribution in [0.4, 0.5) is 0 Å². The van der Waals surface area contributed by atoms with Crippen molar-refractivity contribution < 1.29 is 0 Å². The molecule has 1 aliphatic rings. The van der Waals surface area contributed by atoms with Crippen LogP contribution in [0.25, 0.3) is 22.2 Å². The molecule has 0 bridgehead atoms. The van der Waals surface area contributed by atoms with E-state index >= 15 is 0 Å². The minimum absolute atomic E-state index is 0. The zero-order valence-corrected chi connectivity index (χ0v) is 15.3. The lowest BCUT2D eigenvalue weighted by molar-refractivity contribution is 0.960. The Hall–Kier alpha value is -1.68. The number of hydrogen-bond donors (Lipinski definition) is 2. The van der Waals surface area contributed by atoms with Crippen molar-refractivity contribution in [2.75, 3.05) is 13.1 Å². The third-order valence-corrected chi connectivity index (χ3v) is 4.61. The zero-order chi connectivity index (χ0) is 16.0. The van der Waals surface area contributed by atoms with E-state index in [1.54, 1.807) is 6.07 Å². The molecule has 24 heavy (non-hydrogen) atoms. The molecule has 3 nitrogen and oxygen atoms in total. The smallest absolute Gasteiger partial charge is 0.131 e. The van der Waals surface area contributed by atoms with Gasteiger partial charge in [-0.05, 0) is 37.3 Å². The molecule has 0 spiro atoms. The zero-order valence-electron chi connectivity index (χ0n) is 13.0. The van der Waals surface area contributed by atoms with Gasteiger partial charge >= 0.3 is 0 Å². The molecule has 0 atom stereocenters. The van der Waals surface area contributed by atoms with Gasteiger partial charge in [-0.1, -0.05) is 34.8 Å². The lowest BCUT2D eigenvalue weighted by Gasteiger charge is -2.08. The van der Waals surface area contributed by atoms with Gasteiger partial charge in [-0.25, -0.2) is 0 Å². The summed E-state index contributed by atoms with van der Waals surface area (Å²) in [5, 5.41) is 5.78. The molecule has 0 radical (unpaired) electrons. The van der Waals surface area contributed by atoms with E-state index in [4.69, 9.17) is 23.2 Å². The summed E-state index contributed by atoms with van der Waals surface area (Å²) >= 11 is 12.5. The van der Waals surface area contributed by atoms with Crippen LogP contribution in [0.15, 0.2) is 41.4 Å². The molecular weight excluding hydrogens is 365 g/mol. The van der Waals surface area contributed by atoms with Gasteiger partial charge in [-0.15, -0.1) is 12.4 Å². The fourth-order valence-corrected chi connectivity index (χ4v) is 3.51. The Balaban J connectivity index is 0.00000169. The molecule has 1 aliphatic heterocycles. The predicted octanol–water partition coefficient (Wildman–Crippen LogP) is 5.22. The fourth-order valence-electron chi connectivity index (χ4n) is 3.01. The number of nitrogens with zero attached hydrogens (tertiary/aromatic N) is 1. The highest BCUT2D eigenvalue weighted by atomic mass is 35.5. The quantitative estimate of drug-likeness (QED) is 0.628. The molecule has 3 aromatic rings. The summed E-state index contributed by atoms with van der Waals surface area (Å²) in [6.45, 7) is 3.75. The molecule has 2 aromatic carbocycles. The molecule has 124 valence electrons. The van der Waals surface area contributed by atoms with Crippen LogP contribution in [-0.4, -0.2) is 23.9 Å². The molecule has 0 amide bonds. The summed E-state index contributed by atoms with van der Waals surface area (Å²) in [5.41, 5.74) is 5.26. The van der Waals surface area contributed by atoms with Crippen molar-refractivity contribution in [2.45, 2.75) is 6.92 Å². The number of rotatable bonds is 2. The minimum Gasteiger partial charge on any atom is -0.368 e. The number of aryl methyl sites for hydroxylation is 1. The van der Waals surface area contributed by atoms with Crippen LogP contribution >= 0.6 is 35.6 Å². The number of aliphatic imine (C=N–C) groups is 1. The van der Waals surface area contributed by atoms with Crippen LogP contribution in [-0.2, 0) is 0 Å². The lowest BCUT2D eigenvalue weighted by Crippen LogP contribution is -2.19. The van der Waals surface area contributed by atoms with Gasteiger partial charge in [0.05, 0.1) is 17.3 Å². The maximum Gasteiger partial charge on any atom is 0.131 e. The minimum atomic E-state index is 0. The molecule has 0 fully saturated rings.